The first-order valence-corrected chi connectivity index (χ1v) is 10.0. The molecule has 0 radical (unpaired) electrons. The number of carboxylic acids is 1. The lowest BCUT2D eigenvalue weighted by molar-refractivity contribution is -0.142. The fourth-order valence-electron chi connectivity index (χ4n) is 2.61. The predicted octanol–water partition coefficient (Wildman–Crippen LogP) is 5.59. The number of nitrogens with zero attached hydrogens (tertiary/aromatic N) is 1. The van der Waals surface area contributed by atoms with Crippen molar-refractivity contribution in [3.8, 4) is 11.5 Å². The molecule has 8 heteroatoms. The number of hydrogen-bond acceptors (Lipinski definition) is 5. The van der Waals surface area contributed by atoms with Gasteiger partial charge in [-0.05, 0) is 47.5 Å². The maximum atomic E-state index is 10.5. The van der Waals surface area contributed by atoms with E-state index in [1.807, 2.05) is 36.4 Å². The third-order valence-electron chi connectivity index (χ3n) is 3.96. The average Bonchev–Trinajstić information content (AvgIpc) is 2.74. The number of aliphatic carboxylic acids is 1. The van der Waals surface area contributed by atoms with Gasteiger partial charge in [-0.15, -0.1) is 0 Å². The molecule has 0 spiro atoms. The Bertz CT molecular complexity index is 1000. The SMILES string of the molecule is O=C(O)CO/N=C\c1cc(OCc2cccc(Cl)c2)cc(OCc2cccc(Cl)c2)c1. The van der Waals surface area contributed by atoms with Crippen molar-refractivity contribution in [1.29, 1.82) is 0 Å². The molecule has 0 aromatic heterocycles. The van der Waals surface area contributed by atoms with E-state index in [1.165, 1.54) is 6.21 Å². The first kappa shape index (κ1) is 22.5. The molecule has 3 aromatic carbocycles. The third-order valence-corrected chi connectivity index (χ3v) is 4.43. The molecule has 31 heavy (non-hydrogen) atoms. The van der Waals surface area contributed by atoms with Crippen molar-refractivity contribution in [2.45, 2.75) is 13.2 Å². The highest BCUT2D eigenvalue weighted by Crippen LogP contribution is 2.25. The van der Waals surface area contributed by atoms with Crippen molar-refractivity contribution in [2.75, 3.05) is 6.61 Å². The van der Waals surface area contributed by atoms with Crippen LogP contribution in [0.2, 0.25) is 10.0 Å². The van der Waals surface area contributed by atoms with Crippen LogP contribution in [-0.2, 0) is 22.8 Å². The molecule has 0 unspecified atom stereocenters. The molecule has 1 N–H and O–H groups in total. The molecule has 0 fully saturated rings. The molecule has 0 heterocycles. The highest BCUT2D eigenvalue weighted by molar-refractivity contribution is 6.30. The Morgan fingerprint density at radius 2 is 1.42 bits per heavy atom. The van der Waals surface area contributed by atoms with Gasteiger partial charge in [0.25, 0.3) is 0 Å². The van der Waals surface area contributed by atoms with Gasteiger partial charge in [-0.2, -0.15) is 0 Å². The van der Waals surface area contributed by atoms with Crippen LogP contribution >= 0.6 is 23.2 Å². The minimum Gasteiger partial charge on any atom is -0.489 e. The fourth-order valence-corrected chi connectivity index (χ4v) is 3.04. The zero-order valence-corrected chi connectivity index (χ0v) is 17.8. The Labute approximate surface area is 189 Å². The van der Waals surface area contributed by atoms with Crippen molar-refractivity contribution in [2.24, 2.45) is 5.16 Å². The number of carboxylic acid groups (broad SMARTS) is 1. The molecule has 3 aromatic rings. The zero-order valence-electron chi connectivity index (χ0n) is 16.3. The van der Waals surface area contributed by atoms with Crippen LogP contribution in [0.4, 0.5) is 0 Å². The lowest BCUT2D eigenvalue weighted by Gasteiger charge is -2.12. The molecule has 3 rings (SSSR count). The lowest BCUT2D eigenvalue weighted by atomic mass is 10.2. The van der Waals surface area contributed by atoms with E-state index in [1.54, 1.807) is 30.3 Å². The molecular formula is C23H19Cl2NO5. The molecule has 0 saturated heterocycles. The van der Waals surface area contributed by atoms with Crippen LogP contribution in [0.25, 0.3) is 0 Å². The van der Waals surface area contributed by atoms with Crippen LogP contribution in [-0.4, -0.2) is 23.9 Å². The summed E-state index contributed by atoms with van der Waals surface area (Å²) < 4.78 is 11.8. The predicted molar refractivity (Wildman–Crippen MR) is 119 cm³/mol. The van der Waals surface area contributed by atoms with E-state index >= 15 is 0 Å². The molecule has 0 saturated carbocycles. The van der Waals surface area contributed by atoms with Crippen LogP contribution < -0.4 is 9.47 Å². The van der Waals surface area contributed by atoms with Gasteiger partial charge in [0.15, 0.2) is 0 Å². The van der Waals surface area contributed by atoms with E-state index in [0.717, 1.165) is 11.1 Å². The minimum absolute atomic E-state index is 0.310. The molecule has 0 bridgehead atoms. The van der Waals surface area contributed by atoms with Crippen molar-refractivity contribution in [3.05, 3.63) is 93.5 Å². The highest BCUT2D eigenvalue weighted by Gasteiger charge is 2.05. The van der Waals surface area contributed by atoms with E-state index in [-0.39, 0.29) is 0 Å². The molecule has 0 amide bonds. The Morgan fingerprint density at radius 1 is 0.871 bits per heavy atom. The summed E-state index contributed by atoms with van der Waals surface area (Å²) >= 11 is 12.0. The van der Waals surface area contributed by atoms with Gasteiger partial charge in [0, 0.05) is 21.7 Å². The zero-order chi connectivity index (χ0) is 22.1. The Morgan fingerprint density at radius 3 is 1.90 bits per heavy atom. The van der Waals surface area contributed by atoms with Gasteiger partial charge in [0.1, 0.15) is 24.7 Å². The van der Waals surface area contributed by atoms with Gasteiger partial charge in [-0.3, -0.25) is 0 Å². The van der Waals surface area contributed by atoms with Crippen molar-refractivity contribution >= 4 is 35.4 Å². The van der Waals surface area contributed by atoms with E-state index in [0.29, 0.717) is 40.3 Å². The molecule has 0 aliphatic carbocycles. The summed E-state index contributed by atoms with van der Waals surface area (Å²) in [6.45, 7) is 0.0917. The number of oxime groups is 1. The topological polar surface area (TPSA) is 77.4 Å². The summed E-state index contributed by atoms with van der Waals surface area (Å²) in [6.07, 6.45) is 1.39. The number of hydrogen-bond donors (Lipinski definition) is 1. The number of carbonyl (C=O) groups is 1. The molecule has 0 aliphatic rings. The standard InChI is InChI=1S/C23H19Cl2NO5/c24-19-5-1-3-16(7-19)13-29-21-9-18(12-26-31-15-23(27)28)10-22(11-21)30-14-17-4-2-6-20(25)8-17/h1-12H,13-15H2,(H,27,28)/b26-12-. The van der Waals surface area contributed by atoms with Gasteiger partial charge >= 0.3 is 5.97 Å². The van der Waals surface area contributed by atoms with Crippen LogP contribution in [0.15, 0.2) is 71.9 Å². The first-order chi connectivity index (χ1) is 15.0. The molecule has 160 valence electrons. The fraction of sp³-hybridized carbons (Fsp3) is 0.130. The van der Waals surface area contributed by atoms with Gasteiger partial charge < -0.3 is 19.4 Å². The minimum atomic E-state index is -1.11. The van der Waals surface area contributed by atoms with Gasteiger partial charge in [-0.1, -0.05) is 52.6 Å². The largest absolute Gasteiger partial charge is 0.489 e. The maximum absolute atomic E-state index is 10.5. The second kappa shape index (κ2) is 11.2. The Kier molecular flexibility index (Phi) is 8.15. The van der Waals surface area contributed by atoms with Crippen molar-refractivity contribution in [1.82, 2.24) is 0 Å². The third kappa shape index (κ3) is 7.85. The van der Waals surface area contributed by atoms with Crippen LogP contribution in [0.1, 0.15) is 16.7 Å². The normalized spacial score (nSPS) is 10.8. The lowest BCUT2D eigenvalue weighted by Crippen LogP contribution is -2.03. The van der Waals surface area contributed by atoms with E-state index < -0.39 is 12.6 Å². The maximum Gasteiger partial charge on any atom is 0.344 e. The second-order valence-corrected chi connectivity index (χ2v) is 7.35. The molecule has 6 nitrogen and oxygen atoms in total. The quantitative estimate of drug-likeness (QED) is 0.316. The summed E-state index contributed by atoms with van der Waals surface area (Å²) in [5.74, 6) is -0.0205. The summed E-state index contributed by atoms with van der Waals surface area (Å²) in [4.78, 5) is 15.3. The van der Waals surface area contributed by atoms with Crippen molar-refractivity contribution in [3.63, 3.8) is 0 Å². The number of rotatable bonds is 10. The Hall–Kier alpha value is -3.22. The van der Waals surface area contributed by atoms with Crippen LogP contribution in [0.5, 0.6) is 11.5 Å². The number of ether oxygens (including phenoxy) is 2. The van der Waals surface area contributed by atoms with Gasteiger partial charge in [-0.25, -0.2) is 4.79 Å². The van der Waals surface area contributed by atoms with E-state index in [9.17, 15) is 4.79 Å². The van der Waals surface area contributed by atoms with E-state index in [2.05, 4.69) is 5.16 Å². The number of halogens is 2. The van der Waals surface area contributed by atoms with Gasteiger partial charge in [0.2, 0.25) is 6.61 Å². The van der Waals surface area contributed by atoms with E-state index in [4.69, 9.17) is 42.6 Å². The van der Waals surface area contributed by atoms with Crippen molar-refractivity contribution < 1.29 is 24.2 Å². The average molecular weight is 460 g/mol. The summed E-state index contributed by atoms with van der Waals surface area (Å²) in [5.41, 5.74) is 2.45. The molecule has 0 aliphatic heterocycles. The highest BCUT2D eigenvalue weighted by atomic mass is 35.5. The smallest absolute Gasteiger partial charge is 0.344 e. The Balaban J connectivity index is 1.74. The van der Waals surface area contributed by atoms with Crippen LogP contribution in [0.3, 0.4) is 0 Å². The van der Waals surface area contributed by atoms with Crippen LogP contribution in [0, 0.1) is 0 Å². The monoisotopic (exact) mass is 459 g/mol. The second-order valence-electron chi connectivity index (χ2n) is 6.48. The molecule has 0 atom stereocenters. The number of benzene rings is 3. The first-order valence-electron chi connectivity index (χ1n) is 9.24. The summed E-state index contributed by atoms with van der Waals surface area (Å²) in [6, 6.07) is 20.0. The summed E-state index contributed by atoms with van der Waals surface area (Å²) in [5, 5.41) is 13.6. The summed E-state index contributed by atoms with van der Waals surface area (Å²) in [7, 11) is 0. The molecular weight excluding hydrogens is 441 g/mol. The van der Waals surface area contributed by atoms with Gasteiger partial charge in [0.05, 0.1) is 6.21 Å².